The first-order valence-electron chi connectivity index (χ1n) is 6.74. The first kappa shape index (κ1) is 13.6. The molecule has 0 aliphatic heterocycles. The molecular weight excluding hydrogens is 232 g/mol. The van der Waals surface area contributed by atoms with E-state index in [9.17, 15) is 0 Å². The fourth-order valence-corrected chi connectivity index (χ4v) is 2.29. The van der Waals surface area contributed by atoms with Gasteiger partial charge in [-0.1, -0.05) is 50.2 Å². The number of anilines is 1. The van der Waals surface area contributed by atoms with Gasteiger partial charge in [-0.15, -0.1) is 0 Å². The van der Waals surface area contributed by atoms with Gasteiger partial charge in [-0.2, -0.15) is 0 Å². The van der Waals surface area contributed by atoms with Crippen LogP contribution in [0.2, 0.25) is 0 Å². The maximum atomic E-state index is 5.74. The van der Waals surface area contributed by atoms with Gasteiger partial charge >= 0.3 is 0 Å². The Morgan fingerprint density at radius 3 is 1.63 bits per heavy atom. The van der Waals surface area contributed by atoms with Crippen molar-refractivity contribution in [3.63, 3.8) is 0 Å². The van der Waals surface area contributed by atoms with Crippen molar-refractivity contribution in [3.8, 4) is 0 Å². The van der Waals surface area contributed by atoms with E-state index in [1.807, 2.05) is 19.2 Å². The van der Waals surface area contributed by atoms with Crippen LogP contribution in [-0.2, 0) is 0 Å². The number of nitrogens with two attached hydrogens (primary N) is 1. The molecule has 2 rings (SSSR count). The standard InChI is InChI=1S/C17H22N2/c1-12(2)13-4-6-14(7-5-13)17(19-3)15-8-10-16(18)11-9-15/h4-12,17,19H,18H2,1-3H3. The van der Waals surface area contributed by atoms with Crippen LogP contribution < -0.4 is 11.1 Å². The van der Waals surface area contributed by atoms with Crippen molar-refractivity contribution in [1.29, 1.82) is 0 Å². The van der Waals surface area contributed by atoms with Crippen molar-refractivity contribution in [2.45, 2.75) is 25.8 Å². The fourth-order valence-electron chi connectivity index (χ4n) is 2.29. The molecule has 19 heavy (non-hydrogen) atoms. The first-order chi connectivity index (χ1) is 9.11. The van der Waals surface area contributed by atoms with Crippen LogP contribution in [0.5, 0.6) is 0 Å². The van der Waals surface area contributed by atoms with E-state index >= 15 is 0 Å². The third kappa shape index (κ3) is 3.15. The first-order valence-corrected chi connectivity index (χ1v) is 6.74. The minimum atomic E-state index is 0.210. The molecule has 0 bridgehead atoms. The van der Waals surface area contributed by atoms with Gasteiger partial charge in [0.1, 0.15) is 0 Å². The van der Waals surface area contributed by atoms with Crippen molar-refractivity contribution < 1.29 is 0 Å². The van der Waals surface area contributed by atoms with Crippen LogP contribution in [0.4, 0.5) is 5.69 Å². The van der Waals surface area contributed by atoms with E-state index < -0.39 is 0 Å². The molecule has 3 N–H and O–H groups in total. The van der Waals surface area contributed by atoms with Crippen LogP contribution in [0, 0.1) is 0 Å². The normalized spacial score (nSPS) is 12.6. The van der Waals surface area contributed by atoms with Crippen LogP contribution in [0.1, 0.15) is 42.5 Å². The van der Waals surface area contributed by atoms with E-state index in [2.05, 4.69) is 55.6 Å². The predicted molar refractivity (Wildman–Crippen MR) is 82.3 cm³/mol. The summed E-state index contributed by atoms with van der Waals surface area (Å²) in [4.78, 5) is 0. The van der Waals surface area contributed by atoms with Gasteiger partial charge < -0.3 is 11.1 Å². The van der Waals surface area contributed by atoms with Crippen LogP contribution in [0.3, 0.4) is 0 Å². The highest BCUT2D eigenvalue weighted by Crippen LogP contribution is 2.24. The molecule has 1 unspecified atom stereocenters. The van der Waals surface area contributed by atoms with Gasteiger partial charge in [-0.05, 0) is 41.8 Å². The lowest BCUT2D eigenvalue weighted by Crippen LogP contribution is -2.17. The zero-order valence-electron chi connectivity index (χ0n) is 11.9. The van der Waals surface area contributed by atoms with E-state index in [-0.39, 0.29) is 6.04 Å². The Morgan fingerprint density at radius 1 is 0.789 bits per heavy atom. The van der Waals surface area contributed by atoms with E-state index in [0.29, 0.717) is 5.92 Å². The summed E-state index contributed by atoms with van der Waals surface area (Å²) in [5.41, 5.74) is 10.4. The molecule has 2 heteroatoms. The summed E-state index contributed by atoms with van der Waals surface area (Å²) in [6, 6.07) is 17.1. The number of nitrogen functional groups attached to an aromatic ring is 1. The second-order valence-electron chi connectivity index (χ2n) is 5.21. The minimum absolute atomic E-state index is 0.210. The molecule has 0 saturated heterocycles. The van der Waals surface area contributed by atoms with Crippen LogP contribution >= 0.6 is 0 Å². The third-order valence-electron chi connectivity index (χ3n) is 3.49. The Bertz CT molecular complexity index is 512. The summed E-state index contributed by atoms with van der Waals surface area (Å²) in [7, 11) is 1.98. The number of hydrogen-bond donors (Lipinski definition) is 2. The van der Waals surface area contributed by atoms with Gasteiger partial charge in [0.2, 0.25) is 0 Å². The van der Waals surface area contributed by atoms with Gasteiger partial charge in [0.05, 0.1) is 6.04 Å². The maximum absolute atomic E-state index is 5.74. The van der Waals surface area contributed by atoms with Crippen molar-refractivity contribution in [3.05, 3.63) is 65.2 Å². The molecule has 100 valence electrons. The molecule has 0 radical (unpaired) electrons. The van der Waals surface area contributed by atoms with E-state index in [1.54, 1.807) is 0 Å². The average molecular weight is 254 g/mol. The van der Waals surface area contributed by atoms with Gasteiger partial charge in [0, 0.05) is 5.69 Å². The molecule has 0 aromatic heterocycles. The lowest BCUT2D eigenvalue weighted by atomic mass is 9.95. The molecule has 0 aliphatic rings. The highest BCUT2D eigenvalue weighted by atomic mass is 14.9. The molecule has 2 aromatic rings. The SMILES string of the molecule is CNC(c1ccc(N)cc1)c1ccc(C(C)C)cc1. The zero-order valence-corrected chi connectivity index (χ0v) is 11.9. The average Bonchev–Trinajstić information content (AvgIpc) is 2.42. The Balaban J connectivity index is 2.28. The Hall–Kier alpha value is -1.80. The topological polar surface area (TPSA) is 38.0 Å². The Labute approximate surface area is 115 Å². The summed E-state index contributed by atoms with van der Waals surface area (Å²) in [5.74, 6) is 0.568. The van der Waals surface area contributed by atoms with Crippen molar-refractivity contribution in [2.24, 2.45) is 0 Å². The highest BCUT2D eigenvalue weighted by molar-refractivity contribution is 5.42. The molecule has 0 fully saturated rings. The number of hydrogen-bond acceptors (Lipinski definition) is 2. The molecule has 0 spiro atoms. The monoisotopic (exact) mass is 254 g/mol. The molecule has 0 heterocycles. The molecule has 2 aromatic carbocycles. The molecular formula is C17H22N2. The van der Waals surface area contributed by atoms with Crippen molar-refractivity contribution in [2.75, 3.05) is 12.8 Å². The lowest BCUT2D eigenvalue weighted by Gasteiger charge is -2.18. The van der Waals surface area contributed by atoms with Crippen LogP contribution in [0.15, 0.2) is 48.5 Å². The number of rotatable bonds is 4. The minimum Gasteiger partial charge on any atom is -0.399 e. The van der Waals surface area contributed by atoms with E-state index in [1.165, 1.54) is 16.7 Å². The second kappa shape index (κ2) is 5.89. The number of benzene rings is 2. The third-order valence-corrected chi connectivity index (χ3v) is 3.49. The van der Waals surface area contributed by atoms with E-state index in [0.717, 1.165) is 5.69 Å². The molecule has 0 aliphatic carbocycles. The fraction of sp³-hybridized carbons (Fsp3) is 0.294. The second-order valence-corrected chi connectivity index (χ2v) is 5.21. The smallest absolute Gasteiger partial charge is 0.0574 e. The van der Waals surface area contributed by atoms with Crippen molar-refractivity contribution in [1.82, 2.24) is 5.32 Å². The molecule has 0 amide bonds. The van der Waals surface area contributed by atoms with Crippen molar-refractivity contribution >= 4 is 5.69 Å². The van der Waals surface area contributed by atoms with Gasteiger partial charge in [-0.25, -0.2) is 0 Å². The van der Waals surface area contributed by atoms with Gasteiger partial charge in [0.25, 0.3) is 0 Å². The largest absolute Gasteiger partial charge is 0.399 e. The highest BCUT2D eigenvalue weighted by Gasteiger charge is 2.11. The summed E-state index contributed by atoms with van der Waals surface area (Å²) >= 11 is 0. The maximum Gasteiger partial charge on any atom is 0.0574 e. The van der Waals surface area contributed by atoms with Gasteiger partial charge in [0.15, 0.2) is 0 Å². The molecule has 2 nitrogen and oxygen atoms in total. The molecule has 0 saturated carbocycles. The Morgan fingerprint density at radius 2 is 1.21 bits per heavy atom. The zero-order chi connectivity index (χ0) is 13.8. The van der Waals surface area contributed by atoms with Gasteiger partial charge in [-0.3, -0.25) is 0 Å². The van der Waals surface area contributed by atoms with Crippen LogP contribution in [-0.4, -0.2) is 7.05 Å². The van der Waals surface area contributed by atoms with E-state index in [4.69, 9.17) is 5.73 Å². The Kier molecular flexibility index (Phi) is 4.23. The predicted octanol–water partition coefficient (Wildman–Crippen LogP) is 3.70. The summed E-state index contributed by atoms with van der Waals surface area (Å²) < 4.78 is 0. The molecule has 1 atom stereocenters. The van der Waals surface area contributed by atoms with Crippen LogP contribution in [0.25, 0.3) is 0 Å². The summed E-state index contributed by atoms with van der Waals surface area (Å²) in [6.45, 7) is 4.43. The summed E-state index contributed by atoms with van der Waals surface area (Å²) in [5, 5.41) is 3.36. The number of nitrogens with one attached hydrogen (secondary N) is 1. The summed E-state index contributed by atoms with van der Waals surface area (Å²) in [6.07, 6.45) is 0. The quantitative estimate of drug-likeness (QED) is 0.816. The lowest BCUT2D eigenvalue weighted by molar-refractivity contribution is 0.691.